The second kappa shape index (κ2) is 19.2. The van der Waals surface area contributed by atoms with Crippen LogP contribution in [-0.2, 0) is 20.9 Å². The second-order valence-corrected chi connectivity index (χ2v) is 19.0. The molecule has 2 aromatic heterocycles. The molecule has 0 bridgehead atoms. The van der Waals surface area contributed by atoms with Crippen LogP contribution < -0.4 is 36.0 Å². The molecule has 2 aromatic carbocycles. The van der Waals surface area contributed by atoms with Crippen molar-refractivity contribution in [3.05, 3.63) is 74.9 Å². The van der Waals surface area contributed by atoms with Gasteiger partial charge in [-0.05, 0) is 81.8 Å². The molecule has 21 heteroatoms. The first-order chi connectivity index (χ1) is 32.6. The van der Waals surface area contributed by atoms with Gasteiger partial charge in [0, 0.05) is 94.1 Å². The van der Waals surface area contributed by atoms with Crippen molar-refractivity contribution in [3.8, 4) is 5.75 Å². The Labute approximate surface area is 395 Å². The van der Waals surface area contributed by atoms with Gasteiger partial charge in [0.25, 0.3) is 23.3 Å². The molecule has 5 aliphatic rings. The molecule has 2 atom stereocenters. The van der Waals surface area contributed by atoms with E-state index in [1.807, 2.05) is 46.7 Å². The zero-order valence-corrected chi connectivity index (χ0v) is 39.0. The number of hydrogen-bond acceptors (Lipinski definition) is 13. The molecule has 0 spiro atoms. The van der Waals surface area contributed by atoms with Gasteiger partial charge in [0.05, 0.1) is 36.5 Å². The number of imide groups is 1. The van der Waals surface area contributed by atoms with E-state index >= 15 is 13.2 Å². The number of hydrogen-bond donors (Lipinski definition) is 3. The molecule has 5 aliphatic heterocycles. The lowest BCUT2D eigenvalue weighted by Gasteiger charge is -2.47. The van der Waals surface area contributed by atoms with E-state index in [1.165, 1.54) is 11.9 Å². The van der Waals surface area contributed by atoms with Gasteiger partial charge in [-0.3, -0.25) is 39.1 Å². The van der Waals surface area contributed by atoms with Crippen molar-refractivity contribution in [3.63, 3.8) is 0 Å². The van der Waals surface area contributed by atoms with Gasteiger partial charge in [-0.25, -0.2) is 18.2 Å². The van der Waals surface area contributed by atoms with E-state index < -0.39 is 41.5 Å². The highest BCUT2D eigenvalue weighted by atomic mass is 35.5. The van der Waals surface area contributed by atoms with Crippen LogP contribution in [0.3, 0.4) is 0 Å². The quantitative estimate of drug-likeness (QED) is 0.169. The maximum atomic E-state index is 16.0. The van der Waals surface area contributed by atoms with Crippen LogP contribution in [0.2, 0.25) is 5.02 Å². The SMILES string of the molecule is CNC(=O)COc1cc2cc(Nc3nc(N4CCC(CN5CCC(N6CCN(c7ccc8c(c7F)CN(C7CCC(=O)NC7=O)C8=O)CC6)C(F)(F)C5)CC4)ncc3Cl)ccc2n(C(C)C)c1=O. The normalized spacial score (nSPS) is 21.6. The number of fused-ring (bicyclic) bond motifs is 2. The van der Waals surface area contributed by atoms with Crippen LogP contribution >= 0.6 is 11.6 Å². The minimum absolute atomic E-state index is 0.0559. The Morgan fingerprint density at radius 2 is 1.74 bits per heavy atom. The van der Waals surface area contributed by atoms with Crippen molar-refractivity contribution in [2.45, 2.75) is 76.5 Å². The molecule has 7 heterocycles. The Balaban J connectivity index is 0.766. The number of nitrogens with one attached hydrogen (secondary N) is 3. The fraction of sp³-hybridized carbons (Fsp3) is 0.511. The summed E-state index contributed by atoms with van der Waals surface area (Å²) in [5.74, 6) is -4.11. The van der Waals surface area contributed by atoms with Crippen molar-refractivity contribution in [1.29, 1.82) is 0 Å². The Morgan fingerprint density at radius 3 is 2.44 bits per heavy atom. The highest BCUT2D eigenvalue weighted by molar-refractivity contribution is 6.33. The number of halogens is 4. The van der Waals surface area contributed by atoms with Crippen molar-refractivity contribution in [2.24, 2.45) is 5.92 Å². The third-order valence-electron chi connectivity index (χ3n) is 13.9. The molecular formula is C47H55ClF3N11O6. The topological polar surface area (TPSA) is 178 Å². The minimum Gasteiger partial charge on any atom is -0.478 e. The van der Waals surface area contributed by atoms with Gasteiger partial charge in [-0.1, -0.05) is 11.6 Å². The summed E-state index contributed by atoms with van der Waals surface area (Å²) in [7, 11) is 1.49. The fourth-order valence-corrected chi connectivity index (χ4v) is 10.5. The summed E-state index contributed by atoms with van der Waals surface area (Å²) >= 11 is 6.58. The summed E-state index contributed by atoms with van der Waals surface area (Å²) < 4.78 is 55.2. The zero-order chi connectivity index (χ0) is 48.0. The molecule has 17 nitrogen and oxygen atoms in total. The van der Waals surface area contributed by atoms with Crippen molar-refractivity contribution < 1.29 is 37.1 Å². The number of likely N-dealkylation sites (tertiary alicyclic amines) is 1. The number of piperazine rings is 1. The zero-order valence-electron chi connectivity index (χ0n) is 38.2. The number of ether oxygens (including phenoxy) is 1. The number of nitrogens with zero attached hydrogens (tertiary/aromatic N) is 8. The lowest BCUT2D eigenvalue weighted by atomic mass is 9.93. The lowest BCUT2D eigenvalue weighted by Crippen LogP contribution is -2.62. The number of piperidine rings is 3. The van der Waals surface area contributed by atoms with Gasteiger partial charge in [-0.15, -0.1) is 0 Å². The summed E-state index contributed by atoms with van der Waals surface area (Å²) in [6, 6.07) is 8.29. The van der Waals surface area contributed by atoms with Gasteiger partial charge in [0.15, 0.2) is 24.0 Å². The van der Waals surface area contributed by atoms with E-state index in [1.54, 1.807) is 29.0 Å². The number of aromatic nitrogens is 3. The van der Waals surface area contributed by atoms with Gasteiger partial charge < -0.3 is 34.6 Å². The molecule has 4 fully saturated rings. The summed E-state index contributed by atoms with van der Waals surface area (Å²) in [5.41, 5.74) is 1.71. The number of benzene rings is 2. The number of pyridine rings is 1. The Bertz CT molecular complexity index is 2690. The van der Waals surface area contributed by atoms with E-state index in [2.05, 4.69) is 25.8 Å². The van der Waals surface area contributed by atoms with Crippen LogP contribution in [0.15, 0.2) is 47.4 Å². The van der Waals surface area contributed by atoms with Gasteiger partial charge in [-0.2, -0.15) is 4.98 Å². The maximum Gasteiger partial charge on any atom is 0.293 e. The van der Waals surface area contributed by atoms with E-state index in [0.717, 1.165) is 12.8 Å². The number of amides is 4. The smallest absolute Gasteiger partial charge is 0.293 e. The Kier molecular flexibility index (Phi) is 13.3. The third kappa shape index (κ3) is 9.41. The average molecular weight is 962 g/mol. The summed E-state index contributed by atoms with van der Waals surface area (Å²) in [5, 5.41) is 9.05. The monoisotopic (exact) mass is 961 g/mol. The van der Waals surface area contributed by atoms with Crippen LogP contribution in [0.25, 0.3) is 10.9 Å². The number of anilines is 4. The first-order valence-corrected chi connectivity index (χ1v) is 23.6. The molecule has 0 aliphatic carbocycles. The van der Waals surface area contributed by atoms with Crippen molar-refractivity contribution in [2.75, 3.05) is 87.7 Å². The number of alkyl halides is 2. The largest absolute Gasteiger partial charge is 0.478 e. The molecule has 362 valence electrons. The Hall–Kier alpha value is -5.99. The number of likely N-dealkylation sites (N-methyl/N-ethyl adjacent to an activating group) is 1. The molecule has 2 unspecified atom stereocenters. The van der Waals surface area contributed by atoms with E-state index in [-0.39, 0.29) is 72.8 Å². The molecule has 9 rings (SSSR count). The Morgan fingerprint density at radius 1 is 0.971 bits per heavy atom. The van der Waals surface area contributed by atoms with Gasteiger partial charge in [0.2, 0.25) is 17.8 Å². The van der Waals surface area contributed by atoms with E-state index in [4.69, 9.17) is 21.3 Å². The minimum atomic E-state index is -2.94. The average Bonchev–Trinajstić information content (AvgIpc) is 3.65. The van der Waals surface area contributed by atoms with Gasteiger partial charge in [0.1, 0.15) is 11.1 Å². The van der Waals surface area contributed by atoms with E-state index in [0.29, 0.717) is 97.8 Å². The fourth-order valence-electron chi connectivity index (χ4n) is 10.4. The number of rotatable bonds is 12. The third-order valence-corrected chi connectivity index (χ3v) is 14.2. The molecule has 68 heavy (non-hydrogen) atoms. The molecule has 0 radical (unpaired) electrons. The van der Waals surface area contributed by atoms with Gasteiger partial charge >= 0.3 is 0 Å². The molecule has 4 aromatic rings. The number of carbonyl (C=O) groups is 4. The first kappa shape index (κ1) is 47.1. The second-order valence-electron chi connectivity index (χ2n) is 18.6. The van der Waals surface area contributed by atoms with Crippen molar-refractivity contribution in [1.82, 2.24) is 39.9 Å². The van der Waals surface area contributed by atoms with Crippen LogP contribution in [0.1, 0.15) is 67.9 Å². The van der Waals surface area contributed by atoms with Crippen LogP contribution in [-0.4, -0.2) is 143 Å². The standard InChI is InChI=1S/C47H55ClF3N11O6/c1-27(2)62-34-6-4-30(20-29(34)21-37(45(62)67)68-25-40(64)52-3)54-42-33(48)22-53-46(56-42)60-14-10-28(11-15-60)23-57-13-12-38(47(50,51)26-57)59-18-16-58(17-19-59)35-7-5-31-32(41(35)49)24-61(44(31)66)36-8-9-39(63)55-43(36)65/h4-7,20-22,27-28,36,38H,8-19,23-26H2,1-3H3,(H,52,64)(H,53,54,56)(H,55,63,65). The lowest BCUT2D eigenvalue weighted by molar-refractivity contribution is -0.137. The summed E-state index contributed by atoms with van der Waals surface area (Å²) in [4.78, 5) is 80.6. The molecule has 4 amide bonds. The highest BCUT2D eigenvalue weighted by Crippen LogP contribution is 2.37. The molecular weight excluding hydrogens is 907 g/mol. The molecule has 3 N–H and O–H groups in total. The maximum absolute atomic E-state index is 16.0. The van der Waals surface area contributed by atoms with E-state index in [9.17, 15) is 24.0 Å². The predicted octanol–water partition coefficient (Wildman–Crippen LogP) is 4.54. The van der Waals surface area contributed by atoms with Crippen LogP contribution in [0.5, 0.6) is 5.75 Å². The van der Waals surface area contributed by atoms with Crippen LogP contribution in [0, 0.1) is 11.7 Å². The summed E-state index contributed by atoms with van der Waals surface area (Å²) in [6.07, 6.45) is 3.68. The van der Waals surface area contributed by atoms with Crippen LogP contribution in [0.4, 0.5) is 36.3 Å². The highest BCUT2D eigenvalue weighted by Gasteiger charge is 2.48. The first-order valence-electron chi connectivity index (χ1n) is 23.2. The van der Waals surface area contributed by atoms with Crippen molar-refractivity contribution >= 4 is 69.3 Å². The predicted molar refractivity (Wildman–Crippen MR) is 249 cm³/mol. The molecule has 4 saturated heterocycles. The molecule has 0 saturated carbocycles. The number of carbonyl (C=O) groups excluding carboxylic acids is 4. The summed E-state index contributed by atoms with van der Waals surface area (Å²) in [6.45, 7) is 6.82.